The number of ether oxygens (including phenoxy) is 16. The Bertz CT molecular complexity index is 2320. The number of unbranched alkanes of at least 4 members (excludes halogenated alkanes) is 16. The Balaban J connectivity index is 5.46. The molecule has 0 aliphatic rings. The molecule has 0 saturated carbocycles. The third kappa shape index (κ3) is 93.6. The number of carboxylic acid groups (broad SMARTS) is 3. The SMILES string of the molecule is CC(=O)CCCCCCCNC(=O)CCOCCOCCOCCNC(=O)CCCOC(COCCC(=O)CCCOCCOCCOCCC(=O)NCCCCCCCC(=O)O)(COCCC(=O)CCCOCCOCCOCCC(=O)NCCCCCCCC(=O)O)COCCC(=O)NCCOCCOCCOCCC(=O)NCCCCCCCC(=O)O. The molecule has 728 valence electrons. The first-order valence-electron chi connectivity index (χ1n) is 45.9. The number of hydrogen-bond donors (Lipinski definition) is 9. The number of hydrogen-bond acceptors (Lipinski definition) is 28. The molecule has 0 aliphatic carbocycles. The second-order valence-corrected chi connectivity index (χ2v) is 30.2. The Hall–Kier alpha value is -6.40. The summed E-state index contributed by atoms with van der Waals surface area (Å²) in [6.07, 6.45) is 21.4. The number of Topliss-reactive ketones (excluding diaryl/α,β-unsaturated/α-hetero) is 3. The van der Waals surface area contributed by atoms with Gasteiger partial charge in [0.25, 0.3) is 0 Å². The molecule has 0 aromatic heterocycles. The number of amides is 6. The van der Waals surface area contributed by atoms with Crippen molar-refractivity contribution in [1.29, 1.82) is 0 Å². The molecular formula is C88H160N6O31. The Morgan fingerprint density at radius 3 is 0.696 bits per heavy atom. The van der Waals surface area contributed by atoms with E-state index in [1.165, 1.54) is 0 Å². The summed E-state index contributed by atoms with van der Waals surface area (Å²) in [4.78, 5) is 144. The summed E-state index contributed by atoms with van der Waals surface area (Å²) < 4.78 is 92.0. The van der Waals surface area contributed by atoms with E-state index in [4.69, 9.17) is 91.1 Å². The third-order valence-electron chi connectivity index (χ3n) is 18.8. The monoisotopic (exact) mass is 1800 g/mol. The maximum atomic E-state index is 13.1. The maximum absolute atomic E-state index is 13.1. The van der Waals surface area contributed by atoms with Crippen molar-refractivity contribution in [2.24, 2.45) is 0 Å². The minimum atomic E-state index is -1.33. The predicted octanol–water partition coefficient (Wildman–Crippen LogP) is 7.10. The van der Waals surface area contributed by atoms with Crippen molar-refractivity contribution < 1.29 is 149 Å². The summed E-state index contributed by atoms with van der Waals surface area (Å²) in [5.41, 5.74) is -1.33. The molecule has 37 nitrogen and oxygen atoms in total. The lowest BCUT2D eigenvalue weighted by Crippen LogP contribution is -2.48. The first-order valence-corrected chi connectivity index (χ1v) is 45.9. The molecule has 0 radical (unpaired) electrons. The Labute approximate surface area is 742 Å². The van der Waals surface area contributed by atoms with Crippen LogP contribution in [0.4, 0.5) is 0 Å². The Morgan fingerprint density at radius 1 is 0.192 bits per heavy atom. The molecule has 0 atom stereocenters. The van der Waals surface area contributed by atoms with Crippen LogP contribution < -0.4 is 31.9 Å². The zero-order valence-electron chi connectivity index (χ0n) is 75.6. The van der Waals surface area contributed by atoms with E-state index in [1.54, 1.807) is 6.92 Å². The molecule has 0 aromatic rings. The number of rotatable bonds is 102. The van der Waals surface area contributed by atoms with Gasteiger partial charge in [0.1, 0.15) is 23.0 Å². The summed E-state index contributed by atoms with van der Waals surface area (Å²) in [6, 6.07) is 0. The van der Waals surface area contributed by atoms with Crippen molar-refractivity contribution in [3.05, 3.63) is 0 Å². The second-order valence-electron chi connectivity index (χ2n) is 30.2. The average Bonchev–Trinajstić information content (AvgIpc) is 0.865. The lowest BCUT2D eigenvalue weighted by atomic mass is 10.1. The number of carboxylic acids is 3. The van der Waals surface area contributed by atoms with Crippen LogP contribution in [0.3, 0.4) is 0 Å². The summed E-state index contributed by atoms with van der Waals surface area (Å²) >= 11 is 0. The lowest BCUT2D eigenvalue weighted by molar-refractivity contribution is -0.169. The van der Waals surface area contributed by atoms with Crippen LogP contribution in [-0.2, 0) is 133 Å². The first-order chi connectivity index (χ1) is 60.8. The van der Waals surface area contributed by atoms with Gasteiger partial charge in [-0.3, -0.25) is 52.7 Å². The molecule has 0 heterocycles. The van der Waals surface area contributed by atoms with Gasteiger partial charge < -0.3 is 128 Å². The highest BCUT2D eigenvalue weighted by Gasteiger charge is 2.34. The molecular weight excluding hydrogens is 1640 g/mol. The molecule has 0 aromatic carbocycles. The van der Waals surface area contributed by atoms with Gasteiger partial charge in [0.2, 0.25) is 35.4 Å². The molecule has 0 unspecified atom stereocenters. The fourth-order valence-electron chi connectivity index (χ4n) is 11.7. The van der Waals surface area contributed by atoms with Crippen molar-refractivity contribution in [3.8, 4) is 0 Å². The zero-order chi connectivity index (χ0) is 91.3. The van der Waals surface area contributed by atoms with Gasteiger partial charge in [-0.2, -0.15) is 0 Å². The first kappa shape index (κ1) is 119. The van der Waals surface area contributed by atoms with Crippen LogP contribution in [0.5, 0.6) is 0 Å². The van der Waals surface area contributed by atoms with E-state index in [1.807, 2.05) is 0 Å². The smallest absolute Gasteiger partial charge is 0.303 e. The van der Waals surface area contributed by atoms with Crippen molar-refractivity contribution >= 4 is 70.7 Å². The van der Waals surface area contributed by atoms with E-state index in [-0.39, 0.29) is 255 Å². The molecule has 0 saturated heterocycles. The molecule has 9 N–H and O–H groups in total. The Morgan fingerprint density at radius 2 is 0.408 bits per heavy atom. The molecule has 0 aliphatic heterocycles. The third-order valence-corrected chi connectivity index (χ3v) is 18.8. The average molecular weight is 1800 g/mol. The lowest BCUT2D eigenvalue weighted by Gasteiger charge is -2.33. The number of ketones is 3. The van der Waals surface area contributed by atoms with Gasteiger partial charge in [0, 0.05) is 149 Å². The van der Waals surface area contributed by atoms with E-state index in [9.17, 15) is 57.5 Å². The van der Waals surface area contributed by atoms with Crippen LogP contribution in [0, 0.1) is 0 Å². The van der Waals surface area contributed by atoms with Gasteiger partial charge >= 0.3 is 17.9 Å². The van der Waals surface area contributed by atoms with Gasteiger partial charge in [-0.05, 0) is 77.6 Å². The van der Waals surface area contributed by atoms with Crippen molar-refractivity contribution in [1.82, 2.24) is 31.9 Å². The van der Waals surface area contributed by atoms with E-state index >= 15 is 0 Å². The molecule has 0 rings (SSSR count). The van der Waals surface area contributed by atoms with Crippen molar-refractivity contribution in [3.63, 3.8) is 0 Å². The summed E-state index contributed by atoms with van der Waals surface area (Å²) in [5, 5.41) is 43.4. The fraction of sp³-hybridized carbons (Fsp3) is 0.864. The molecule has 37 heteroatoms. The van der Waals surface area contributed by atoms with Crippen molar-refractivity contribution in [2.75, 3.05) is 244 Å². The molecule has 125 heavy (non-hydrogen) atoms. The predicted molar refractivity (Wildman–Crippen MR) is 463 cm³/mol. The standard InChI is InChI=1S/C88H160N6O31/c1-76(95)25-14-6-2-10-18-39-89-80(99)36-52-114-61-69-120-71-63-116-55-43-93-79(98)28-24-47-125-88(73-122-48-32-77(96)26-22-45-110-57-65-118-67-59-112-50-34-81(100)90-40-19-11-3-7-15-29-85(104)105,74-123-49-33-78(97)27-23-46-111-58-66-119-68-60-113-51-35-82(101)91-41-20-12-4-8-16-30-86(106)107)75-124-54-38-84(103)94-44-56-117-64-72-121-70-62-115-53-37-83(102)92-42-21-13-5-9-17-31-87(108)109/h2-75H2,1H3,(H,89,99)(H,90,100)(H,91,101)(H,92,102)(H,93,98)(H,94,103)(H,104,105)(H,106,107)(H,108,109). The summed E-state index contributed by atoms with van der Waals surface area (Å²) in [6.45, 7) is 11.1. The van der Waals surface area contributed by atoms with Crippen molar-refractivity contribution in [2.45, 2.75) is 250 Å². The topological polar surface area (TPSA) is 485 Å². The number of nitrogens with one attached hydrogen (secondary N) is 6. The van der Waals surface area contributed by atoms with Gasteiger partial charge in [0.15, 0.2) is 0 Å². The Kier molecular flexibility index (Phi) is 87.6. The largest absolute Gasteiger partial charge is 0.481 e. The second kappa shape index (κ2) is 92.3. The van der Waals surface area contributed by atoms with Crippen LogP contribution in [0.15, 0.2) is 0 Å². The number of aliphatic carboxylic acids is 3. The van der Waals surface area contributed by atoms with Gasteiger partial charge in [-0.1, -0.05) is 77.0 Å². The summed E-state index contributed by atoms with van der Waals surface area (Å²) in [7, 11) is 0. The number of carbonyl (C=O) groups excluding carboxylic acids is 9. The van der Waals surface area contributed by atoms with Gasteiger partial charge in [-0.15, -0.1) is 0 Å². The minimum absolute atomic E-state index is 0.0209. The van der Waals surface area contributed by atoms with Gasteiger partial charge in [0.05, 0.1) is 185 Å². The number of carbonyl (C=O) groups is 12. The highest BCUT2D eigenvalue weighted by molar-refractivity contribution is 5.80. The normalized spacial score (nSPS) is 11.4. The summed E-state index contributed by atoms with van der Waals surface area (Å²) in [5.74, 6) is -3.18. The quantitative estimate of drug-likeness (QED) is 0.0274. The van der Waals surface area contributed by atoms with Gasteiger partial charge in [-0.25, -0.2) is 0 Å². The van der Waals surface area contributed by atoms with E-state index in [2.05, 4.69) is 31.9 Å². The molecule has 0 bridgehead atoms. The van der Waals surface area contributed by atoms with E-state index in [0.717, 1.165) is 109 Å². The fourth-order valence-corrected chi connectivity index (χ4v) is 11.7. The zero-order valence-corrected chi connectivity index (χ0v) is 75.6. The molecule has 6 amide bonds. The molecule has 0 fully saturated rings. The van der Waals surface area contributed by atoms with Crippen LogP contribution in [-0.4, -0.2) is 336 Å². The van der Waals surface area contributed by atoms with E-state index in [0.29, 0.717) is 170 Å². The van der Waals surface area contributed by atoms with Crippen LogP contribution >= 0.6 is 0 Å². The maximum Gasteiger partial charge on any atom is 0.303 e. The highest BCUT2D eigenvalue weighted by atomic mass is 16.6. The van der Waals surface area contributed by atoms with E-state index < -0.39 is 23.5 Å². The van der Waals surface area contributed by atoms with Crippen LogP contribution in [0.2, 0.25) is 0 Å². The highest BCUT2D eigenvalue weighted by Crippen LogP contribution is 2.18. The minimum Gasteiger partial charge on any atom is -0.481 e. The van der Waals surface area contributed by atoms with Crippen LogP contribution in [0.25, 0.3) is 0 Å². The van der Waals surface area contributed by atoms with Crippen LogP contribution in [0.1, 0.15) is 244 Å². The molecule has 0 spiro atoms.